The highest BCUT2D eigenvalue weighted by Gasteiger charge is 2.29. The van der Waals surface area contributed by atoms with E-state index in [9.17, 15) is 14.4 Å². The molecule has 5 heteroatoms. The van der Waals surface area contributed by atoms with Crippen molar-refractivity contribution in [3.8, 4) is 5.75 Å². The number of hydrogen-bond donors (Lipinski definition) is 1. The van der Waals surface area contributed by atoms with Gasteiger partial charge in [-0.15, -0.1) is 0 Å². The predicted molar refractivity (Wildman–Crippen MR) is 107 cm³/mol. The number of carbonyl (C=O) groups is 3. The molecule has 1 saturated heterocycles. The smallest absolute Gasteiger partial charge is 0.230 e. The fraction of sp³-hybridized carbons (Fsp3) is 0.591. The van der Waals surface area contributed by atoms with Crippen LogP contribution in [0.4, 0.5) is 0 Å². The van der Waals surface area contributed by atoms with Crippen molar-refractivity contribution >= 4 is 17.6 Å². The molecule has 150 valence electrons. The summed E-state index contributed by atoms with van der Waals surface area (Å²) in [6.45, 7) is 6.43. The van der Waals surface area contributed by atoms with E-state index in [1.54, 1.807) is 19.2 Å². The maximum atomic E-state index is 12.4. The molecule has 2 amide bonds. The zero-order valence-electron chi connectivity index (χ0n) is 17.1. The van der Waals surface area contributed by atoms with E-state index in [0.717, 1.165) is 5.56 Å². The molecule has 0 aromatic heterocycles. The number of Topliss-reactive ketones (excluding diaryl/α,β-unsaturated/α-hetero) is 1. The van der Waals surface area contributed by atoms with E-state index in [1.165, 1.54) is 25.7 Å². The fourth-order valence-corrected chi connectivity index (χ4v) is 3.03. The second-order valence-electron chi connectivity index (χ2n) is 6.86. The van der Waals surface area contributed by atoms with Crippen molar-refractivity contribution in [1.82, 2.24) is 5.32 Å². The Balaban J connectivity index is 0.000000527. The third kappa shape index (κ3) is 7.53. The summed E-state index contributed by atoms with van der Waals surface area (Å²) in [6.07, 6.45) is 7.13. The molecule has 1 fully saturated rings. The number of imide groups is 1. The molecule has 0 spiro atoms. The number of piperidine rings is 1. The van der Waals surface area contributed by atoms with Crippen molar-refractivity contribution in [2.24, 2.45) is 5.92 Å². The van der Waals surface area contributed by atoms with Crippen molar-refractivity contribution in [3.05, 3.63) is 29.3 Å². The molecule has 0 radical (unpaired) electrons. The number of amides is 2. The number of benzene rings is 1. The zero-order valence-corrected chi connectivity index (χ0v) is 17.1. The van der Waals surface area contributed by atoms with Crippen molar-refractivity contribution < 1.29 is 19.1 Å². The van der Waals surface area contributed by atoms with E-state index in [0.29, 0.717) is 30.6 Å². The summed E-state index contributed by atoms with van der Waals surface area (Å²) in [5, 5.41) is 2.28. The average Bonchev–Trinajstić information content (AvgIpc) is 2.68. The van der Waals surface area contributed by atoms with Crippen LogP contribution < -0.4 is 10.1 Å². The minimum absolute atomic E-state index is 0.0657. The highest BCUT2D eigenvalue weighted by Crippen LogP contribution is 2.23. The minimum Gasteiger partial charge on any atom is -0.497 e. The number of hydrogen-bond acceptors (Lipinski definition) is 4. The number of ether oxygens (including phenoxy) is 1. The summed E-state index contributed by atoms with van der Waals surface area (Å²) in [7, 11) is 1.58. The van der Waals surface area contributed by atoms with Gasteiger partial charge in [0.1, 0.15) is 5.75 Å². The Morgan fingerprint density at radius 1 is 1.15 bits per heavy atom. The highest BCUT2D eigenvalue weighted by atomic mass is 16.5. The summed E-state index contributed by atoms with van der Waals surface area (Å²) in [5.74, 6) is -0.371. The van der Waals surface area contributed by atoms with Crippen LogP contribution in [0.1, 0.15) is 81.6 Å². The quantitative estimate of drug-likeness (QED) is 0.413. The Kier molecular flexibility index (Phi) is 10.4. The topological polar surface area (TPSA) is 72.5 Å². The monoisotopic (exact) mass is 375 g/mol. The fourth-order valence-electron chi connectivity index (χ4n) is 3.03. The first-order valence-electron chi connectivity index (χ1n) is 10.00. The van der Waals surface area contributed by atoms with E-state index in [4.69, 9.17) is 4.74 Å². The normalized spacial score (nSPS) is 16.2. The van der Waals surface area contributed by atoms with Gasteiger partial charge < -0.3 is 4.74 Å². The summed E-state index contributed by atoms with van der Waals surface area (Å²) in [4.78, 5) is 35.3. The van der Waals surface area contributed by atoms with Gasteiger partial charge in [-0.3, -0.25) is 19.7 Å². The third-order valence-electron chi connectivity index (χ3n) is 4.74. The minimum atomic E-state index is -0.415. The van der Waals surface area contributed by atoms with E-state index in [-0.39, 0.29) is 24.0 Å². The number of unbranched alkanes of at least 4 members (excludes halogenated alkanes) is 3. The first-order valence-corrected chi connectivity index (χ1v) is 10.00. The van der Waals surface area contributed by atoms with E-state index in [1.807, 2.05) is 13.0 Å². The van der Waals surface area contributed by atoms with E-state index >= 15 is 0 Å². The van der Waals surface area contributed by atoms with Crippen LogP contribution in [0.15, 0.2) is 18.2 Å². The Morgan fingerprint density at radius 3 is 2.33 bits per heavy atom. The maximum absolute atomic E-state index is 12.4. The lowest BCUT2D eigenvalue weighted by Crippen LogP contribution is -2.41. The lowest BCUT2D eigenvalue weighted by atomic mass is 9.89. The average molecular weight is 376 g/mol. The molecule has 1 aromatic carbocycles. The first kappa shape index (κ1) is 22.9. The molecule has 2 rings (SSSR count). The largest absolute Gasteiger partial charge is 0.497 e. The molecule has 1 unspecified atom stereocenters. The number of methoxy groups -OCH3 is 1. The van der Waals surface area contributed by atoms with Crippen LogP contribution in [0.2, 0.25) is 0 Å². The second kappa shape index (κ2) is 12.3. The first-order chi connectivity index (χ1) is 13.0. The van der Waals surface area contributed by atoms with Crippen LogP contribution in [-0.2, 0) is 16.0 Å². The van der Waals surface area contributed by atoms with Gasteiger partial charge >= 0.3 is 0 Å². The number of nitrogens with one attached hydrogen (secondary N) is 1. The molecule has 0 bridgehead atoms. The van der Waals surface area contributed by atoms with Gasteiger partial charge in [-0.1, -0.05) is 46.5 Å². The lowest BCUT2D eigenvalue weighted by Gasteiger charge is -2.20. The van der Waals surface area contributed by atoms with Crippen molar-refractivity contribution in [3.63, 3.8) is 0 Å². The van der Waals surface area contributed by atoms with Crippen LogP contribution in [0.5, 0.6) is 5.75 Å². The van der Waals surface area contributed by atoms with Gasteiger partial charge in [0.25, 0.3) is 0 Å². The summed E-state index contributed by atoms with van der Waals surface area (Å²) in [6, 6.07) is 5.33. The van der Waals surface area contributed by atoms with Crippen LogP contribution in [0.25, 0.3) is 0 Å². The van der Waals surface area contributed by atoms with Gasteiger partial charge in [-0.05, 0) is 36.6 Å². The molecule has 1 aliphatic rings. The Hall–Kier alpha value is -2.17. The molecule has 27 heavy (non-hydrogen) atoms. The molecule has 1 aromatic rings. The van der Waals surface area contributed by atoms with Gasteiger partial charge in [-0.25, -0.2) is 0 Å². The zero-order chi connectivity index (χ0) is 20.2. The van der Waals surface area contributed by atoms with Crippen LogP contribution >= 0.6 is 0 Å². The Bertz CT molecular complexity index is 635. The maximum Gasteiger partial charge on any atom is 0.230 e. The summed E-state index contributed by atoms with van der Waals surface area (Å²) in [5.41, 5.74) is 1.54. The predicted octanol–water partition coefficient (Wildman–Crippen LogP) is 4.47. The molecule has 0 saturated carbocycles. The van der Waals surface area contributed by atoms with Gasteiger partial charge in [0, 0.05) is 24.3 Å². The molecule has 0 aliphatic carbocycles. The number of carbonyl (C=O) groups excluding carboxylic acids is 3. The summed E-state index contributed by atoms with van der Waals surface area (Å²) >= 11 is 0. The number of ketones is 1. The highest BCUT2D eigenvalue weighted by molar-refractivity contribution is 6.03. The van der Waals surface area contributed by atoms with Crippen LogP contribution in [0, 0.1) is 5.92 Å². The Morgan fingerprint density at radius 2 is 1.81 bits per heavy atom. The van der Waals surface area contributed by atoms with Gasteiger partial charge in [-0.2, -0.15) is 0 Å². The summed E-state index contributed by atoms with van der Waals surface area (Å²) < 4.78 is 5.16. The van der Waals surface area contributed by atoms with Crippen molar-refractivity contribution in [2.75, 3.05) is 7.11 Å². The number of aryl methyl sites for hydroxylation is 1. The SMILES string of the molecule is CCCCCC.CCc1cc(OC)ccc1C(=O)CC1CCC(=O)NC1=O. The van der Waals surface area contributed by atoms with Crippen molar-refractivity contribution in [1.29, 1.82) is 0 Å². The van der Waals surface area contributed by atoms with Crippen molar-refractivity contribution in [2.45, 2.75) is 72.1 Å². The third-order valence-corrected chi connectivity index (χ3v) is 4.74. The molecule has 1 aliphatic heterocycles. The molecule has 1 N–H and O–H groups in total. The standard InChI is InChI=1S/C16H19NO4.C6H14/c1-3-10-8-12(21-2)5-6-13(10)14(18)9-11-4-7-15(19)17-16(11)20;1-3-5-6-4-2/h5-6,8,11H,3-4,7,9H2,1-2H3,(H,17,19,20);3-6H2,1-2H3. The van der Waals surface area contributed by atoms with Gasteiger partial charge in [0.15, 0.2) is 5.78 Å². The molecule has 1 heterocycles. The Labute approximate surface area is 162 Å². The molecule has 1 atom stereocenters. The second-order valence-corrected chi connectivity index (χ2v) is 6.86. The van der Waals surface area contributed by atoms with Crippen LogP contribution in [-0.4, -0.2) is 24.7 Å². The number of rotatable bonds is 8. The molecular formula is C22H33NO4. The van der Waals surface area contributed by atoms with Gasteiger partial charge in [0.2, 0.25) is 11.8 Å². The van der Waals surface area contributed by atoms with Crippen LogP contribution in [0.3, 0.4) is 0 Å². The lowest BCUT2D eigenvalue weighted by molar-refractivity contribution is -0.136. The molecular weight excluding hydrogens is 342 g/mol. The van der Waals surface area contributed by atoms with Gasteiger partial charge in [0.05, 0.1) is 7.11 Å². The van der Waals surface area contributed by atoms with E-state index in [2.05, 4.69) is 19.2 Å². The van der Waals surface area contributed by atoms with E-state index < -0.39 is 5.92 Å². The molecule has 5 nitrogen and oxygen atoms in total.